The normalized spacial score (nSPS) is 17.9. The van der Waals surface area contributed by atoms with Gasteiger partial charge in [0.15, 0.2) is 0 Å². The van der Waals surface area contributed by atoms with Gasteiger partial charge in [-0.3, -0.25) is 19.2 Å². The summed E-state index contributed by atoms with van der Waals surface area (Å²) >= 11 is 0. The Kier molecular flexibility index (Phi) is 17.2. The fourth-order valence-corrected chi connectivity index (χ4v) is 6.95. The van der Waals surface area contributed by atoms with Gasteiger partial charge in [-0.2, -0.15) is 0 Å². The molecule has 6 unspecified atom stereocenters. The van der Waals surface area contributed by atoms with Gasteiger partial charge in [0.1, 0.15) is 11.6 Å². The molecule has 4 N–H and O–H groups in total. The summed E-state index contributed by atoms with van der Waals surface area (Å²) in [5.74, 6) is -2.54. The van der Waals surface area contributed by atoms with E-state index in [0.717, 1.165) is 24.8 Å². The first kappa shape index (κ1) is 44.6. The second-order valence-corrected chi connectivity index (χ2v) is 15.5. The fourth-order valence-electron chi connectivity index (χ4n) is 6.95. The van der Waals surface area contributed by atoms with E-state index in [-0.39, 0.29) is 43.0 Å². The maximum Gasteiger partial charge on any atom is 0.329 e. The number of amides is 4. The maximum absolute atomic E-state index is 14.1. The zero-order chi connectivity index (χ0) is 39.4. The second kappa shape index (κ2) is 20.1. The first-order chi connectivity index (χ1) is 24.3. The smallest absolute Gasteiger partial charge is 0.329 e. The fraction of sp³-hybridized carbons (Fsp3) is 0.718. The van der Waals surface area contributed by atoms with Gasteiger partial charge in [-0.15, -0.1) is 0 Å². The van der Waals surface area contributed by atoms with Crippen LogP contribution in [0, 0.1) is 11.8 Å². The summed E-state index contributed by atoms with van der Waals surface area (Å²) in [5, 5.41) is 5.53. The number of hydrogen-bond donors (Lipinski definition) is 3. The second-order valence-electron chi connectivity index (χ2n) is 15.5. The third kappa shape index (κ3) is 12.8. The highest BCUT2D eigenvalue weighted by Crippen LogP contribution is 2.30. The van der Waals surface area contributed by atoms with Crippen molar-refractivity contribution in [2.75, 3.05) is 34.4 Å². The van der Waals surface area contributed by atoms with Gasteiger partial charge in [0.2, 0.25) is 23.6 Å². The minimum absolute atomic E-state index is 0.00276. The van der Waals surface area contributed by atoms with E-state index in [0.29, 0.717) is 13.0 Å². The number of nitrogens with one attached hydrogen (secondary N) is 2. The summed E-state index contributed by atoms with van der Waals surface area (Å²) in [6.45, 7) is 14.5. The van der Waals surface area contributed by atoms with Crippen molar-refractivity contribution in [3.05, 3.63) is 35.9 Å². The van der Waals surface area contributed by atoms with E-state index in [1.807, 2.05) is 44.2 Å². The molecule has 1 aliphatic rings. The van der Waals surface area contributed by atoms with Crippen LogP contribution in [0.1, 0.15) is 93.1 Å². The minimum atomic E-state index is -1.14. The van der Waals surface area contributed by atoms with Crippen molar-refractivity contribution in [2.45, 2.75) is 135 Å². The molecule has 0 aromatic heterocycles. The third-order valence-corrected chi connectivity index (χ3v) is 9.88. The zero-order valence-electron chi connectivity index (χ0n) is 33.3. The van der Waals surface area contributed by atoms with Gasteiger partial charge < -0.3 is 40.4 Å². The molecule has 0 bridgehead atoms. The van der Waals surface area contributed by atoms with Crippen molar-refractivity contribution < 1.29 is 38.2 Å². The van der Waals surface area contributed by atoms with Crippen molar-refractivity contribution in [1.29, 1.82) is 0 Å². The molecule has 13 nitrogen and oxygen atoms in total. The number of carbonyl (C=O) groups is 5. The highest BCUT2D eigenvalue weighted by molar-refractivity contribution is 5.89. The molecule has 0 aliphatic carbocycles. The van der Waals surface area contributed by atoms with Gasteiger partial charge in [0.05, 0.1) is 48.7 Å². The predicted octanol–water partition coefficient (Wildman–Crippen LogP) is 3.22. The van der Waals surface area contributed by atoms with Crippen LogP contribution in [0.25, 0.3) is 0 Å². The van der Waals surface area contributed by atoms with E-state index in [1.54, 1.807) is 58.4 Å². The van der Waals surface area contributed by atoms with Crippen LogP contribution in [0.15, 0.2) is 30.3 Å². The lowest BCUT2D eigenvalue weighted by Crippen LogP contribution is -2.56. The molecular formula is C39H65N5O8. The van der Waals surface area contributed by atoms with Crippen LogP contribution in [0.4, 0.5) is 0 Å². The zero-order valence-corrected chi connectivity index (χ0v) is 33.3. The summed E-state index contributed by atoms with van der Waals surface area (Å²) in [6.07, 6.45) is 1.81. The molecule has 294 valence electrons. The molecule has 1 saturated heterocycles. The van der Waals surface area contributed by atoms with Crippen LogP contribution < -0.4 is 16.4 Å². The van der Waals surface area contributed by atoms with Gasteiger partial charge in [-0.05, 0) is 58.9 Å². The third-order valence-electron chi connectivity index (χ3n) is 9.88. The van der Waals surface area contributed by atoms with Crippen molar-refractivity contribution in [3.8, 4) is 0 Å². The van der Waals surface area contributed by atoms with Gasteiger partial charge in [-0.1, -0.05) is 63.9 Å². The Bertz CT molecular complexity index is 1320. The average molecular weight is 732 g/mol. The van der Waals surface area contributed by atoms with Crippen LogP contribution in [0.5, 0.6) is 0 Å². The number of hydrogen-bond acceptors (Lipinski definition) is 9. The van der Waals surface area contributed by atoms with E-state index >= 15 is 0 Å². The first-order valence-electron chi connectivity index (χ1n) is 18.5. The topological polar surface area (TPSA) is 170 Å². The number of ether oxygens (including phenoxy) is 3. The SMILES string of the molecule is CCC(CC)C(C(CC(=O)N1CCCC1C(OC)C(C)C(=O)NC(Cc1ccccc1)C(=O)OC(C)(C)C)OC)N(C)C(=O)CNC(=O)C(C)(C)N. The number of benzene rings is 1. The largest absolute Gasteiger partial charge is 0.458 e. The van der Waals surface area contributed by atoms with Crippen LogP contribution in [-0.4, -0.2) is 115 Å². The van der Waals surface area contributed by atoms with Crippen molar-refractivity contribution in [2.24, 2.45) is 17.6 Å². The van der Waals surface area contributed by atoms with Gasteiger partial charge in [-0.25, -0.2) is 4.79 Å². The molecule has 0 saturated carbocycles. The Labute approximate surface area is 311 Å². The number of carbonyl (C=O) groups excluding carboxylic acids is 5. The number of likely N-dealkylation sites (N-methyl/N-ethyl adjacent to an activating group) is 1. The summed E-state index contributed by atoms with van der Waals surface area (Å²) in [5.41, 5.74) is 4.88. The van der Waals surface area contributed by atoms with Crippen molar-refractivity contribution in [3.63, 3.8) is 0 Å². The molecular weight excluding hydrogens is 666 g/mol. The molecule has 6 atom stereocenters. The molecule has 1 aliphatic heterocycles. The lowest BCUT2D eigenvalue weighted by molar-refractivity contribution is -0.159. The molecule has 4 amide bonds. The average Bonchev–Trinajstić information content (AvgIpc) is 3.57. The Morgan fingerprint density at radius 2 is 1.62 bits per heavy atom. The Morgan fingerprint density at radius 1 is 1.00 bits per heavy atom. The Hall–Kier alpha value is -3.55. The molecule has 13 heteroatoms. The van der Waals surface area contributed by atoms with E-state index in [2.05, 4.69) is 10.6 Å². The molecule has 1 aromatic carbocycles. The Balaban J connectivity index is 2.26. The molecule has 2 rings (SSSR count). The molecule has 0 spiro atoms. The lowest BCUT2D eigenvalue weighted by Gasteiger charge is -2.40. The highest BCUT2D eigenvalue weighted by atomic mass is 16.6. The standard InChI is InChI=1S/C39H65N5O8/c1-12-27(13-2)33(43(9)32(46)24-41-37(49)39(7,8)40)30(50-10)23-31(45)44-21-17-20-29(44)34(51-11)25(3)35(47)42-28(36(48)52-38(4,5)6)22-26-18-15-14-16-19-26/h14-16,18-19,25,27-30,33-34H,12-13,17,20-24,40H2,1-11H3,(H,41,49)(H,42,47). The van der Waals surface area contributed by atoms with Gasteiger partial charge >= 0.3 is 5.97 Å². The van der Waals surface area contributed by atoms with Gasteiger partial charge in [0, 0.05) is 34.2 Å². The monoisotopic (exact) mass is 731 g/mol. The summed E-state index contributed by atoms with van der Waals surface area (Å²) in [6, 6.07) is 7.65. The minimum Gasteiger partial charge on any atom is -0.458 e. The van der Waals surface area contributed by atoms with E-state index in [1.165, 1.54) is 14.2 Å². The lowest BCUT2D eigenvalue weighted by atomic mass is 9.87. The summed E-state index contributed by atoms with van der Waals surface area (Å²) in [4.78, 5) is 70.2. The van der Waals surface area contributed by atoms with E-state index in [4.69, 9.17) is 19.9 Å². The number of esters is 1. The molecule has 0 radical (unpaired) electrons. The van der Waals surface area contributed by atoms with Crippen molar-refractivity contribution in [1.82, 2.24) is 20.4 Å². The first-order valence-corrected chi connectivity index (χ1v) is 18.5. The quantitative estimate of drug-likeness (QED) is 0.181. The molecule has 52 heavy (non-hydrogen) atoms. The summed E-state index contributed by atoms with van der Waals surface area (Å²) in [7, 11) is 4.73. The van der Waals surface area contributed by atoms with E-state index in [9.17, 15) is 24.0 Å². The molecule has 1 heterocycles. The number of rotatable bonds is 19. The predicted molar refractivity (Wildman–Crippen MR) is 200 cm³/mol. The van der Waals surface area contributed by atoms with Crippen LogP contribution >= 0.6 is 0 Å². The highest BCUT2D eigenvalue weighted by Gasteiger charge is 2.43. The number of methoxy groups -OCH3 is 2. The van der Waals surface area contributed by atoms with Crippen LogP contribution in [0.3, 0.4) is 0 Å². The Morgan fingerprint density at radius 3 is 2.13 bits per heavy atom. The van der Waals surface area contributed by atoms with Gasteiger partial charge in [0.25, 0.3) is 0 Å². The maximum atomic E-state index is 14.1. The number of nitrogens with zero attached hydrogens (tertiary/aromatic N) is 2. The number of likely N-dealkylation sites (tertiary alicyclic amines) is 1. The van der Waals surface area contributed by atoms with Crippen molar-refractivity contribution >= 4 is 29.6 Å². The summed E-state index contributed by atoms with van der Waals surface area (Å²) < 4.78 is 17.5. The van der Waals surface area contributed by atoms with Crippen LogP contribution in [-0.2, 0) is 44.6 Å². The number of nitrogens with two attached hydrogens (primary N) is 1. The molecule has 1 aromatic rings. The van der Waals surface area contributed by atoms with Crippen LogP contribution in [0.2, 0.25) is 0 Å². The van der Waals surface area contributed by atoms with E-state index < -0.39 is 59.3 Å². The molecule has 1 fully saturated rings.